The van der Waals surface area contributed by atoms with Gasteiger partial charge in [0.25, 0.3) is 0 Å². The predicted octanol–water partition coefficient (Wildman–Crippen LogP) is 1.59. The van der Waals surface area contributed by atoms with Crippen molar-refractivity contribution in [3.05, 3.63) is 11.6 Å². The number of hydrogen-bond donors (Lipinski definition) is 1. The maximum Gasteiger partial charge on any atom is 0.136 e. The van der Waals surface area contributed by atoms with Gasteiger partial charge in [-0.2, -0.15) is 0 Å². The van der Waals surface area contributed by atoms with Crippen LogP contribution in [0.2, 0.25) is 0 Å². The molecule has 2 unspecified atom stereocenters. The molecule has 1 aliphatic rings. The second kappa shape index (κ2) is 4.53. The highest BCUT2D eigenvalue weighted by molar-refractivity contribution is 5.05. The van der Waals surface area contributed by atoms with Crippen LogP contribution in [0, 0.1) is 11.8 Å². The molecule has 0 saturated heterocycles. The van der Waals surface area contributed by atoms with Gasteiger partial charge in [0.15, 0.2) is 0 Å². The molecule has 0 bridgehead atoms. The molecule has 16 heavy (non-hydrogen) atoms. The van der Waals surface area contributed by atoms with Crippen molar-refractivity contribution >= 4 is 0 Å². The Labute approximate surface area is 96.7 Å². The molecule has 2 heterocycles. The monoisotopic (exact) mass is 223 g/mol. The summed E-state index contributed by atoms with van der Waals surface area (Å²) in [4.78, 5) is 0. The zero-order valence-electron chi connectivity index (χ0n) is 10.3. The van der Waals surface area contributed by atoms with E-state index in [1.807, 2.05) is 0 Å². The summed E-state index contributed by atoms with van der Waals surface area (Å²) in [5.74, 6) is 3.55. The number of nitrogens with zero attached hydrogens (tertiary/aromatic N) is 3. The molecule has 4 heteroatoms. The first-order chi connectivity index (χ1) is 7.63. The topological polar surface area (TPSA) is 50.9 Å². The van der Waals surface area contributed by atoms with Crippen LogP contribution in [0.15, 0.2) is 0 Å². The predicted molar refractivity (Wildman–Crippen MR) is 62.2 cm³/mol. The minimum Gasteiger partial charge on any atom is -0.396 e. The average Bonchev–Trinajstić information content (AvgIpc) is 2.70. The third-order valence-corrected chi connectivity index (χ3v) is 3.74. The van der Waals surface area contributed by atoms with Gasteiger partial charge in [-0.05, 0) is 12.3 Å². The van der Waals surface area contributed by atoms with E-state index in [-0.39, 0.29) is 6.61 Å². The second-order valence-corrected chi connectivity index (χ2v) is 5.20. The quantitative estimate of drug-likeness (QED) is 0.846. The molecule has 1 N–H and O–H groups in total. The summed E-state index contributed by atoms with van der Waals surface area (Å²) < 4.78 is 2.22. The molecule has 90 valence electrons. The van der Waals surface area contributed by atoms with E-state index < -0.39 is 0 Å². The van der Waals surface area contributed by atoms with Crippen LogP contribution >= 0.6 is 0 Å². The summed E-state index contributed by atoms with van der Waals surface area (Å²) >= 11 is 0. The van der Waals surface area contributed by atoms with Crippen molar-refractivity contribution in [3.8, 4) is 0 Å². The van der Waals surface area contributed by atoms with Crippen LogP contribution in [-0.4, -0.2) is 26.5 Å². The molecule has 0 amide bonds. The fourth-order valence-electron chi connectivity index (χ4n) is 2.20. The van der Waals surface area contributed by atoms with Crippen LogP contribution in [-0.2, 0) is 13.0 Å². The smallest absolute Gasteiger partial charge is 0.136 e. The van der Waals surface area contributed by atoms with Gasteiger partial charge in [0.1, 0.15) is 11.6 Å². The van der Waals surface area contributed by atoms with Gasteiger partial charge < -0.3 is 9.67 Å². The number of aryl methyl sites for hydroxylation is 1. The van der Waals surface area contributed by atoms with Crippen molar-refractivity contribution in [2.45, 2.75) is 46.1 Å². The third kappa shape index (κ3) is 1.98. The van der Waals surface area contributed by atoms with Crippen LogP contribution in [0.4, 0.5) is 0 Å². The molecule has 0 saturated carbocycles. The van der Waals surface area contributed by atoms with Gasteiger partial charge in [-0.3, -0.25) is 0 Å². The van der Waals surface area contributed by atoms with Crippen LogP contribution in [0.5, 0.6) is 0 Å². The molecule has 1 aromatic heterocycles. The Morgan fingerprint density at radius 2 is 2.12 bits per heavy atom. The fourth-order valence-corrected chi connectivity index (χ4v) is 2.20. The molecule has 0 fully saturated rings. The van der Waals surface area contributed by atoms with E-state index in [4.69, 9.17) is 0 Å². The Balaban J connectivity index is 2.26. The fraction of sp³-hybridized carbons (Fsp3) is 0.833. The number of hydrogen-bond acceptors (Lipinski definition) is 3. The van der Waals surface area contributed by atoms with E-state index in [2.05, 4.69) is 35.5 Å². The zero-order chi connectivity index (χ0) is 11.7. The molecule has 0 aromatic carbocycles. The van der Waals surface area contributed by atoms with Crippen molar-refractivity contribution in [1.29, 1.82) is 0 Å². The van der Waals surface area contributed by atoms with Crippen LogP contribution < -0.4 is 0 Å². The zero-order valence-corrected chi connectivity index (χ0v) is 10.3. The highest BCUT2D eigenvalue weighted by atomic mass is 16.3. The second-order valence-electron chi connectivity index (χ2n) is 5.20. The maximum atomic E-state index is 9.24. The lowest BCUT2D eigenvalue weighted by Gasteiger charge is -2.24. The lowest BCUT2D eigenvalue weighted by molar-refractivity contribution is 0.188. The SMILES string of the molecule is CC(C)C(C)c1nnc2n1CC(CO)CC2. The molecule has 0 radical (unpaired) electrons. The number of aliphatic hydroxyl groups is 1. The van der Waals surface area contributed by atoms with E-state index in [0.717, 1.165) is 31.0 Å². The van der Waals surface area contributed by atoms with E-state index >= 15 is 0 Å². The van der Waals surface area contributed by atoms with Crippen LogP contribution in [0.25, 0.3) is 0 Å². The van der Waals surface area contributed by atoms with Crippen molar-refractivity contribution < 1.29 is 5.11 Å². The highest BCUT2D eigenvalue weighted by Crippen LogP contribution is 2.27. The average molecular weight is 223 g/mol. The Bertz CT molecular complexity index is 359. The Hall–Kier alpha value is -0.900. The van der Waals surface area contributed by atoms with E-state index in [9.17, 15) is 5.11 Å². The standard InChI is InChI=1S/C12H21N3O/c1-8(2)9(3)12-14-13-11-5-4-10(7-16)6-15(11)12/h8-10,16H,4-7H2,1-3H3. The van der Waals surface area contributed by atoms with E-state index in [1.165, 1.54) is 0 Å². The molecule has 1 aliphatic heterocycles. The minimum atomic E-state index is 0.271. The molecular formula is C12H21N3O. The molecule has 0 aliphatic carbocycles. The van der Waals surface area contributed by atoms with Gasteiger partial charge in [-0.1, -0.05) is 20.8 Å². The molecule has 2 rings (SSSR count). The first-order valence-corrected chi connectivity index (χ1v) is 6.16. The Morgan fingerprint density at radius 3 is 2.75 bits per heavy atom. The van der Waals surface area contributed by atoms with Crippen LogP contribution in [0.3, 0.4) is 0 Å². The lowest BCUT2D eigenvalue weighted by Crippen LogP contribution is -2.25. The summed E-state index contributed by atoms with van der Waals surface area (Å²) in [6.07, 6.45) is 1.98. The summed E-state index contributed by atoms with van der Waals surface area (Å²) in [6, 6.07) is 0. The molecule has 1 aromatic rings. The molecular weight excluding hydrogens is 202 g/mol. The van der Waals surface area contributed by atoms with Crippen molar-refractivity contribution in [2.75, 3.05) is 6.61 Å². The van der Waals surface area contributed by atoms with Gasteiger partial charge in [-0.15, -0.1) is 10.2 Å². The van der Waals surface area contributed by atoms with Gasteiger partial charge >= 0.3 is 0 Å². The van der Waals surface area contributed by atoms with E-state index in [1.54, 1.807) is 0 Å². The first kappa shape index (κ1) is 11.6. The third-order valence-electron chi connectivity index (χ3n) is 3.74. The van der Waals surface area contributed by atoms with Gasteiger partial charge in [-0.25, -0.2) is 0 Å². The molecule has 2 atom stereocenters. The summed E-state index contributed by atoms with van der Waals surface area (Å²) in [5, 5.41) is 17.8. The maximum absolute atomic E-state index is 9.24. The number of aromatic nitrogens is 3. The summed E-state index contributed by atoms with van der Waals surface area (Å²) in [7, 11) is 0. The number of fused-ring (bicyclic) bond motifs is 1. The minimum absolute atomic E-state index is 0.271. The van der Waals surface area contributed by atoms with Gasteiger partial charge in [0, 0.05) is 31.4 Å². The Morgan fingerprint density at radius 1 is 1.38 bits per heavy atom. The molecule has 4 nitrogen and oxygen atoms in total. The van der Waals surface area contributed by atoms with Gasteiger partial charge in [0.05, 0.1) is 0 Å². The first-order valence-electron chi connectivity index (χ1n) is 6.16. The van der Waals surface area contributed by atoms with Crippen molar-refractivity contribution in [2.24, 2.45) is 11.8 Å². The summed E-state index contributed by atoms with van der Waals surface area (Å²) in [5.41, 5.74) is 0. The highest BCUT2D eigenvalue weighted by Gasteiger charge is 2.25. The van der Waals surface area contributed by atoms with Crippen molar-refractivity contribution in [1.82, 2.24) is 14.8 Å². The number of aliphatic hydroxyl groups excluding tert-OH is 1. The number of rotatable bonds is 3. The van der Waals surface area contributed by atoms with Crippen LogP contribution in [0.1, 0.15) is 44.8 Å². The van der Waals surface area contributed by atoms with E-state index in [0.29, 0.717) is 17.8 Å². The van der Waals surface area contributed by atoms with Crippen molar-refractivity contribution in [3.63, 3.8) is 0 Å². The summed E-state index contributed by atoms with van der Waals surface area (Å²) in [6.45, 7) is 7.76. The molecule has 0 spiro atoms. The largest absolute Gasteiger partial charge is 0.396 e. The Kier molecular flexibility index (Phi) is 3.28. The normalized spacial score (nSPS) is 22.2. The lowest BCUT2D eigenvalue weighted by atomic mass is 9.95. The van der Waals surface area contributed by atoms with Gasteiger partial charge in [0.2, 0.25) is 0 Å².